The number of carbonyl (C=O) groups is 2. The second kappa shape index (κ2) is 9.59. The maximum Gasteiger partial charge on any atom is 0.290 e. The van der Waals surface area contributed by atoms with Crippen molar-refractivity contribution in [2.45, 2.75) is 40.3 Å². The minimum Gasteiger partial charge on any atom is -0.503 e. The van der Waals surface area contributed by atoms with Gasteiger partial charge in [0.15, 0.2) is 11.5 Å². The van der Waals surface area contributed by atoms with Crippen LogP contribution < -0.4 is 4.90 Å². The van der Waals surface area contributed by atoms with E-state index < -0.39 is 23.5 Å². The number of furan rings is 1. The predicted molar refractivity (Wildman–Crippen MR) is 132 cm³/mol. The van der Waals surface area contributed by atoms with Crippen LogP contribution in [0.4, 0.5) is 5.69 Å². The molecule has 6 nitrogen and oxygen atoms in total. The van der Waals surface area contributed by atoms with Gasteiger partial charge < -0.3 is 19.3 Å². The van der Waals surface area contributed by atoms with E-state index >= 15 is 0 Å². The van der Waals surface area contributed by atoms with Crippen molar-refractivity contribution in [3.05, 3.63) is 100 Å². The van der Waals surface area contributed by atoms with Crippen molar-refractivity contribution in [1.29, 1.82) is 0 Å². The highest BCUT2D eigenvalue weighted by Gasteiger charge is 2.44. The van der Waals surface area contributed by atoms with Crippen molar-refractivity contribution in [1.82, 2.24) is 4.90 Å². The van der Waals surface area contributed by atoms with Crippen LogP contribution in [0.15, 0.2) is 76.6 Å². The second-order valence-electron chi connectivity index (χ2n) is 8.60. The van der Waals surface area contributed by atoms with Crippen LogP contribution in [0.5, 0.6) is 0 Å². The SMILES string of the molecule is CCN(CC)c1ccc(C2C(C(=O)c3ccco3)=C(O)C(=O)N2Cc2cc(C)ccc2C)cc1. The summed E-state index contributed by atoms with van der Waals surface area (Å²) in [5, 5.41) is 10.9. The summed E-state index contributed by atoms with van der Waals surface area (Å²) < 4.78 is 5.31. The van der Waals surface area contributed by atoms with Crippen LogP contribution in [0.1, 0.15) is 52.7 Å². The lowest BCUT2D eigenvalue weighted by atomic mass is 9.94. The predicted octanol–water partition coefficient (Wildman–Crippen LogP) is 5.52. The molecule has 0 saturated carbocycles. The lowest BCUT2D eigenvalue weighted by Gasteiger charge is -2.28. The Morgan fingerprint density at radius 1 is 1.06 bits per heavy atom. The molecule has 0 bridgehead atoms. The number of ketones is 1. The monoisotopic (exact) mass is 458 g/mol. The summed E-state index contributed by atoms with van der Waals surface area (Å²) >= 11 is 0. The maximum absolute atomic E-state index is 13.3. The summed E-state index contributed by atoms with van der Waals surface area (Å²) in [4.78, 5) is 30.4. The van der Waals surface area contributed by atoms with Gasteiger partial charge in [-0.25, -0.2) is 0 Å². The summed E-state index contributed by atoms with van der Waals surface area (Å²) in [5.74, 6) is -1.48. The van der Waals surface area contributed by atoms with Gasteiger partial charge in [-0.2, -0.15) is 0 Å². The van der Waals surface area contributed by atoms with E-state index in [0.29, 0.717) is 0 Å². The molecule has 3 aromatic rings. The van der Waals surface area contributed by atoms with Crippen molar-refractivity contribution in [2.24, 2.45) is 0 Å². The first-order chi connectivity index (χ1) is 16.3. The average molecular weight is 459 g/mol. The average Bonchev–Trinajstić information content (AvgIpc) is 3.46. The molecule has 0 aliphatic carbocycles. The number of aliphatic hydroxyl groups excluding tert-OH is 1. The van der Waals surface area contributed by atoms with E-state index in [1.54, 1.807) is 17.0 Å². The van der Waals surface area contributed by atoms with Gasteiger partial charge in [0, 0.05) is 25.3 Å². The molecule has 1 aliphatic heterocycles. The zero-order valence-corrected chi connectivity index (χ0v) is 20.0. The molecule has 176 valence electrons. The topological polar surface area (TPSA) is 74.0 Å². The lowest BCUT2D eigenvalue weighted by Crippen LogP contribution is -2.31. The van der Waals surface area contributed by atoms with E-state index in [1.807, 2.05) is 56.3 Å². The van der Waals surface area contributed by atoms with Gasteiger partial charge in [-0.3, -0.25) is 9.59 Å². The number of anilines is 1. The molecule has 2 aromatic carbocycles. The fraction of sp³-hybridized carbons (Fsp3) is 0.286. The molecular weight excluding hydrogens is 428 g/mol. The normalized spacial score (nSPS) is 15.8. The number of rotatable bonds is 8. The summed E-state index contributed by atoms with van der Waals surface area (Å²) in [6.45, 7) is 10.2. The van der Waals surface area contributed by atoms with E-state index in [4.69, 9.17) is 4.42 Å². The van der Waals surface area contributed by atoms with Crippen LogP contribution in [-0.4, -0.2) is 34.8 Å². The zero-order chi connectivity index (χ0) is 24.4. The van der Waals surface area contributed by atoms with Crippen LogP contribution in [0.25, 0.3) is 0 Å². The molecule has 0 saturated heterocycles. The Kier molecular flexibility index (Phi) is 6.59. The lowest BCUT2D eigenvalue weighted by molar-refractivity contribution is -0.130. The maximum atomic E-state index is 13.3. The van der Waals surface area contributed by atoms with Crippen LogP contribution in [0.2, 0.25) is 0 Å². The molecule has 4 rings (SSSR count). The van der Waals surface area contributed by atoms with E-state index in [2.05, 4.69) is 18.7 Å². The van der Waals surface area contributed by atoms with Crippen molar-refractivity contribution in [2.75, 3.05) is 18.0 Å². The first-order valence-corrected chi connectivity index (χ1v) is 11.6. The molecule has 1 N–H and O–H groups in total. The van der Waals surface area contributed by atoms with Crippen molar-refractivity contribution >= 4 is 17.4 Å². The molecule has 1 aromatic heterocycles. The summed E-state index contributed by atoms with van der Waals surface area (Å²) in [6.07, 6.45) is 1.41. The van der Waals surface area contributed by atoms with Crippen LogP contribution >= 0.6 is 0 Å². The Labute approximate surface area is 200 Å². The number of Topliss-reactive ketones (excluding diaryl/α,β-unsaturated/α-hetero) is 1. The Balaban J connectivity index is 1.79. The van der Waals surface area contributed by atoms with Gasteiger partial charge in [0.1, 0.15) is 0 Å². The van der Waals surface area contributed by atoms with Crippen molar-refractivity contribution in [3.8, 4) is 0 Å². The number of amides is 1. The van der Waals surface area contributed by atoms with Crippen LogP contribution in [-0.2, 0) is 11.3 Å². The van der Waals surface area contributed by atoms with Gasteiger partial charge in [0.25, 0.3) is 5.91 Å². The van der Waals surface area contributed by atoms with E-state index in [-0.39, 0.29) is 17.9 Å². The zero-order valence-electron chi connectivity index (χ0n) is 20.0. The van der Waals surface area contributed by atoms with Gasteiger partial charge in [-0.1, -0.05) is 35.9 Å². The minimum absolute atomic E-state index is 0.0424. The fourth-order valence-corrected chi connectivity index (χ4v) is 4.55. The van der Waals surface area contributed by atoms with E-state index in [9.17, 15) is 14.7 Å². The Morgan fingerprint density at radius 3 is 2.38 bits per heavy atom. The van der Waals surface area contributed by atoms with E-state index in [0.717, 1.165) is 41.0 Å². The molecule has 1 unspecified atom stereocenters. The smallest absolute Gasteiger partial charge is 0.290 e. The number of carbonyl (C=O) groups excluding carboxylic acids is 2. The van der Waals surface area contributed by atoms with Gasteiger partial charge in [-0.15, -0.1) is 0 Å². The molecule has 0 radical (unpaired) electrons. The Bertz CT molecular complexity index is 1220. The number of benzene rings is 2. The highest BCUT2D eigenvalue weighted by Crippen LogP contribution is 2.40. The number of aryl methyl sites for hydroxylation is 2. The standard InChI is InChI=1S/C28H30N2O4/c1-5-29(6-2)22-13-11-20(12-14-22)25-24(26(31)23-8-7-15-34-23)27(32)28(33)30(25)17-21-16-18(3)9-10-19(21)4/h7-16,25,32H,5-6,17H2,1-4H3. The molecule has 6 heteroatoms. The van der Waals surface area contributed by atoms with E-state index in [1.165, 1.54) is 6.26 Å². The third-order valence-corrected chi connectivity index (χ3v) is 6.48. The molecule has 34 heavy (non-hydrogen) atoms. The summed E-state index contributed by atoms with van der Waals surface area (Å²) in [7, 11) is 0. The summed E-state index contributed by atoms with van der Waals surface area (Å²) in [5.41, 5.74) is 4.95. The second-order valence-corrected chi connectivity index (χ2v) is 8.60. The number of aliphatic hydroxyl groups is 1. The molecular formula is C28H30N2O4. The molecule has 0 spiro atoms. The first kappa shape index (κ1) is 23.4. The Hall–Kier alpha value is -3.80. The molecule has 0 fully saturated rings. The van der Waals surface area contributed by atoms with Gasteiger partial charge in [0.05, 0.1) is 17.9 Å². The van der Waals surface area contributed by atoms with Gasteiger partial charge in [0.2, 0.25) is 5.78 Å². The van der Waals surface area contributed by atoms with Crippen LogP contribution in [0, 0.1) is 13.8 Å². The molecule has 2 heterocycles. The highest BCUT2D eigenvalue weighted by molar-refractivity contribution is 6.15. The van der Waals surface area contributed by atoms with Crippen LogP contribution in [0.3, 0.4) is 0 Å². The molecule has 1 amide bonds. The third kappa shape index (κ3) is 4.23. The quantitative estimate of drug-likeness (QED) is 0.450. The number of hydrogen-bond acceptors (Lipinski definition) is 5. The third-order valence-electron chi connectivity index (χ3n) is 6.48. The van der Waals surface area contributed by atoms with Gasteiger partial charge >= 0.3 is 0 Å². The number of nitrogens with zero attached hydrogens (tertiary/aromatic N) is 2. The van der Waals surface area contributed by atoms with Crippen molar-refractivity contribution in [3.63, 3.8) is 0 Å². The first-order valence-electron chi connectivity index (χ1n) is 11.6. The number of hydrogen-bond donors (Lipinski definition) is 1. The largest absolute Gasteiger partial charge is 0.503 e. The minimum atomic E-state index is -0.726. The summed E-state index contributed by atoms with van der Waals surface area (Å²) in [6, 6.07) is 16.3. The van der Waals surface area contributed by atoms with Crippen molar-refractivity contribution < 1.29 is 19.1 Å². The fourth-order valence-electron chi connectivity index (χ4n) is 4.55. The molecule has 1 aliphatic rings. The Morgan fingerprint density at radius 2 is 1.76 bits per heavy atom. The highest BCUT2D eigenvalue weighted by atomic mass is 16.3. The van der Waals surface area contributed by atoms with Gasteiger partial charge in [-0.05, 0) is 68.7 Å². The molecule has 1 atom stereocenters.